The fourth-order valence-corrected chi connectivity index (χ4v) is 4.48. The first-order chi connectivity index (χ1) is 14.9. The minimum Gasteiger partial charge on any atom is -0.490 e. The number of benzene rings is 1. The first-order valence-electron chi connectivity index (χ1n) is 10.9. The molecule has 0 saturated heterocycles. The Hall–Kier alpha value is -2.71. The number of aromatic nitrogens is 2. The van der Waals surface area contributed by atoms with E-state index in [1.165, 1.54) is 6.33 Å². The first kappa shape index (κ1) is 21.5. The van der Waals surface area contributed by atoms with E-state index in [9.17, 15) is 0 Å². The molecule has 0 bridgehead atoms. The Morgan fingerprint density at radius 2 is 1.94 bits per heavy atom. The number of anilines is 1. The van der Waals surface area contributed by atoms with E-state index in [0.717, 1.165) is 59.5 Å². The zero-order valence-electron chi connectivity index (χ0n) is 18.2. The standard InChI is InChI=1S/C23H31N5O3/c1-23(2)19-20(26-13-27-22(19)25)17-9-8-16(31-15-6-4-14(24)5-7-15)12-18(17)21(23)28-30-11-3-10-29/h8-9,12-15,29H,3-7,10-11,24H2,1-2H3,(H2,25,26,27)/b28-21+/t14-,15-. The summed E-state index contributed by atoms with van der Waals surface area (Å²) < 4.78 is 6.30. The summed E-state index contributed by atoms with van der Waals surface area (Å²) in [6, 6.07) is 6.27. The van der Waals surface area contributed by atoms with E-state index in [2.05, 4.69) is 15.1 Å². The van der Waals surface area contributed by atoms with E-state index < -0.39 is 5.41 Å². The predicted octanol–water partition coefficient (Wildman–Crippen LogP) is 2.77. The SMILES string of the molecule is CC1(C)/C(=N/OCCCO)c2cc(O[C@H]3CC[C@H](N)CC3)ccc2-c2ncnc(N)c21. The topological polar surface area (TPSA) is 129 Å². The number of nitrogen functional groups attached to an aromatic ring is 1. The molecule has 8 heteroatoms. The molecule has 1 saturated carbocycles. The van der Waals surface area contributed by atoms with E-state index >= 15 is 0 Å². The number of ether oxygens (including phenoxy) is 1. The second-order valence-electron chi connectivity index (χ2n) is 8.82. The zero-order chi connectivity index (χ0) is 22.0. The molecule has 1 heterocycles. The van der Waals surface area contributed by atoms with E-state index in [0.29, 0.717) is 18.8 Å². The average molecular weight is 426 g/mol. The first-order valence-corrected chi connectivity index (χ1v) is 10.9. The second-order valence-corrected chi connectivity index (χ2v) is 8.82. The van der Waals surface area contributed by atoms with Gasteiger partial charge in [0.2, 0.25) is 0 Å². The summed E-state index contributed by atoms with van der Waals surface area (Å²) in [6.07, 6.45) is 6.06. The highest BCUT2D eigenvalue weighted by Gasteiger charge is 2.41. The lowest BCUT2D eigenvalue weighted by molar-refractivity contribution is 0.122. The van der Waals surface area contributed by atoms with Gasteiger partial charge in [0.25, 0.3) is 0 Å². The molecule has 0 unspecified atom stereocenters. The van der Waals surface area contributed by atoms with Crippen molar-refractivity contribution in [2.24, 2.45) is 10.9 Å². The lowest BCUT2D eigenvalue weighted by Crippen LogP contribution is -2.36. The van der Waals surface area contributed by atoms with Crippen LogP contribution in [-0.4, -0.2) is 46.1 Å². The van der Waals surface area contributed by atoms with Crippen molar-refractivity contribution in [1.82, 2.24) is 9.97 Å². The number of rotatable bonds is 6. The Morgan fingerprint density at radius 3 is 2.68 bits per heavy atom. The van der Waals surface area contributed by atoms with Gasteiger partial charge in [-0.25, -0.2) is 9.97 Å². The molecular weight excluding hydrogens is 394 g/mol. The maximum atomic E-state index is 9.05. The van der Waals surface area contributed by atoms with Crippen molar-refractivity contribution in [2.75, 3.05) is 18.9 Å². The van der Waals surface area contributed by atoms with Crippen LogP contribution in [0, 0.1) is 0 Å². The van der Waals surface area contributed by atoms with Crippen LogP contribution in [0.3, 0.4) is 0 Å². The van der Waals surface area contributed by atoms with Crippen molar-refractivity contribution in [3.8, 4) is 17.0 Å². The minimum atomic E-state index is -0.566. The van der Waals surface area contributed by atoms with Crippen LogP contribution in [-0.2, 0) is 10.3 Å². The third-order valence-corrected chi connectivity index (χ3v) is 6.17. The highest BCUT2D eigenvalue weighted by Crippen LogP contribution is 2.45. The van der Waals surface area contributed by atoms with Gasteiger partial charge in [-0.2, -0.15) is 0 Å². The van der Waals surface area contributed by atoms with Crippen molar-refractivity contribution < 1.29 is 14.7 Å². The Balaban J connectivity index is 1.74. The van der Waals surface area contributed by atoms with Crippen LogP contribution in [0.4, 0.5) is 5.82 Å². The molecule has 0 amide bonds. The van der Waals surface area contributed by atoms with Gasteiger partial charge in [0, 0.05) is 41.2 Å². The van der Waals surface area contributed by atoms with Crippen molar-refractivity contribution in [2.45, 2.75) is 63.5 Å². The maximum Gasteiger partial charge on any atom is 0.131 e. The summed E-state index contributed by atoms with van der Waals surface area (Å²) in [4.78, 5) is 14.3. The molecule has 2 aliphatic rings. The normalized spacial score (nSPS) is 23.2. The van der Waals surface area contributed by atoms with E-state index in [4.69, 9.17) is 26.1 Å². The van der Waals surface area contributed by atoms with Gasteiger partial charge in [-0.05, 0) is 57.7 Å². The summed E-state index contributed by atoms with van der Waals surface area (Å²) in [5.74, 6) is 1.23. The molecule has 8 nitrogen and oxygen atoms in total. The molecule has 4 rings (SSSR count). The Bertz CT molecular complexity index is 968. The third kappa shape index (κ3) is 4.22. The van der Waals surface area contributed by atoms with Crippen LogP contribution in [0.1, 0.15) is 57.1 Å². The highest BCUT2D eigenvalue weighted by molar-refractivity contribution is 6.15. The molecule has 0 atom stereocenters. The second kappa shape index (κ2) is 8.80. The summed E-state index contributed by atoms with van der Waals surface area (Å²) in [5, 5.41) is 13.5. The molecule has 1 aromatic heterocycles. The molecule has 0 spiro atoms. The van der Waals surface area contributed by atoms with Gasteiger partial charge in [-0.15, -0.1) is 0 Å². The van der Waals surface area contributed by atoms with Crippen molar-refractivity contribution >= 4 is 11.5 Å². The molecular formula is C23H31N5O3. The number of fused-ring (bicyclic) bond motifs is 3. The van der Waals surface area contributed by atoms with Gasteiger partial charge in [0.05, 0.1) is 17.5 Å². The highest BCUT2D eigenvalue weighted by atomic mass is 16.6. The summed E-state index contributed by atoms with van der Waals surface area (Å²) in [6.45, 7) is 4.46. The number of oxime groups is 1. The lowest BCUT2D eigenvalue weighted by atomic mass is 9.70. The molecule has 0 aliphatic heterocycles. The number of hydrogen-bond acceptors (Lipinski definition) is 8. The summed E-state index contributed by atoms with van der Waals surface area (Å²) >= 11 is 0. The van der Waals surface area contributed by atoms with Gasteiger partial charge in [-0.3, -0.25) is 0 Å². The lowest BCUT2D eigenvalue weighted by Gasteiger charge is -2.35. The van der Waals surface area contributed by atoms with Gasteiger partial charge >= 0.3 is 0 Å². The largest absolute Gasteiger partial charge is 0.490 e. The van der Waals surface area contributed by atoms with E-state index in [1.54, 1.807) is 0 Å². The molecule has 0 radical (unpaired) electrons. The van der Waals surface area contributed by atoms with E-state index in [1.807, 2.05) is 32.0 Å². The van der Waals surface area contributed by atoms with Crippen LogP contribution in [0.2, 0.25) is 0 Å². The van der Waals surface area contributed by atoms with Crippen LogP contribution in [0.25, 0.3) is 11.3 Å². The molecule has 1 fully saturated rings. The molecule has 1 aromatic carbocycles. The number of aliphatic hydroxyl groups excluding tert-OH is 1. The van der Waals surface area contributed by atoms with Crippen LogP contribution in [0.15, 0.2) is 29.7 Å². The smallest absolute Gasteiger partial charge is 0.131 e. The molecule has 2 aromatic rings. The molecule has 2 aliphatic carbocycles. The van der Waals surface area contributed by atoms with Gasteiger partial charge in [0.1, 0.15) is 24.5 Å². The third-order valence-electron chi connectivity index (χ3n) is 6.17. The number of nitrogens with zero attached hydrogens (tertiary/aromatic N) is 3. The van der Waals surface area contributed by atoms with Crippen LogP contribution >= 0.6 is 0 Å². The Morgan fingerprint density at radius 1 is 1.16 bits per heavy atom. The maximum absolute atomic E-state index is 9.05. The molecule has 31 heavy (non-hydrogen) atoms. The quantitative estimate of drug-likeness (QED) is 0.479. The average Bonchev–Trinajstić information content (AvgIpc) is 2.74. The fourth-order valence-electron chi connectivity index (χ4n) is 4.48. The van der Waals surface area contributed by atoms with Crippen molar-refractivity contribution in [3.05, 3.63) is 35.7 Å². The fraction of sp³-hybridized carbons (Fsp3) is 0.522. The van der Waals surface area contributed by atoms with Crippen LogP contribution < -0.4 is 16.2 Å². The Labute approximate surface area is 182 Å². The van der Waals surface area contributed by atoms with Gasteiger partial charge in [0.15, 0.2) is 0 Å². The van der Waals surface area contributed by atoms with Gasteiger partial charge < -0.3 is 26.1 Å². The Kier molecular flexibility index (Phi) is 6.11. The van der Waals surface area contributed by atoms with Crippen LogP contribution in [0.5, 0.6) is 5.75 Å². The van der Waals surface area contributed by atoms with Crippen molar-refractivity contribution in [3.63, 3.8) is 0 Å². The number of hydrogen-bond donors (Lipinski definition) is 3. The van der Waals surface area contributed by atoms with Gasteiger partial charge in [-0.1, -0.05) is 5.16 Å². The molecule has 166 valence electrons. The number of nitrogens with two attached hydrogens (primary N) is 2. The predicted molar refractivity (Wildman–Crippen MR) is 120 cm³/mol. The van der Waals surface area contributed by atoms with E-state index in [-0.39, 0.29) is 18.8 Å². The molecule has 5 N–H and O–H groups in total. The minimum absolute atomic E-state index is 0.0531. The summed E-state index contributed by atoms with van der Waals surface area (Å²) in [7, 11) is 0. The monoisotopic (exact) mass is 425 g/mol. The number of aliphatic hydroxyl groups is 1. The zero-order valence-corrected chi connectivity index (χ0v) is 18.2. The van der Waals surface area contributed by atoms with Crippen molar-refractivity contribution in [1.29, 1.82) is 0 Å². The summed E-state index contributed by atoms with van der Waals surface area (Å²) in [5.41, 5.74) is 15.9.